The van der Waals surface area contributed by atoms with Gasteiger partial charge < -0.3 is 15.0 Å². The van der Waals surface area contributed by atoms with Crippen LogP contribution in [0.2, 0.25) is 0 Å². The van der Waals surface area contributed by atoms with Gasteiger partial charge in [-0.15, -0.1) is 0 Å². The van der Waals surface area contributed by atoms with Crippen LogP contribution < -0.4 is 10.5 Å². The summed E-state index contributed by atoms with van der Waals surface area (Å²) in [7, 11) is 1.71. The summed E-state index contributed by atoms with van der Waals surface area (Å²) in [6.45, 7) is 1.34. The van der Waals surface area contributed by atoms with Gasteiger partial charge in [0.25, 0.3) is 0 Å². The lowest BCUT2D eigenvalue weighted by molar-refractivity contribution is 0.408. The lowest BCUT2D eigenvalue weighted by Gasteiger charge is -2.10. The largest absolute Gasteiger partial charge is 0.496 e. The van der Waals surface area contributed by atoms with Crippen LogP contribution in [0.1, 0.15) is 11.1 Å². The predicted molar refractivity (Wildman–Crippen MR) is 81.9 cm³/mol. The second-order valence-corrected chi connectivity index (χ2v) is 4.82. The van der Waals surface area contributed by atoms with Gasteiger partial charge >= 0.3 is 0 Å². The fourth-order valence-corrected chi connectivity index (χ4v) is 2.63. The van der Waals surface area contributed by atoms with Gasteiger partial charge in [0, 0.05) is 29.2 Å². The standard InChI is InChI=1S/C17H18N2O/c1-20-17-9-5-2-6-13(17)11-19-12-14(10-18)15-7-3-4-8-16(15)19/h2-9,12H,10-11,18H2,1H3. The number of rotatable bonds is 4. The van der Waals surface area contributed by atoms with E-state index in [0.29, 0.717) is 6.54 Å². The summed E-state index contributed by atoms with van der Waals surface area (Å²) in [4.78, 5) is 0. The third-order valence-corrected chi connectivity index (χ3v) is 3.62. The predicted octanol–water partition coefficient (Wildman–Crippen LogP) is 3.16. The van der Waals surface area contributed by atoms with Crippen molar-refractivity contribution in [2.45, 2.75) is 13.1 Å². The van der Waals surface area contributed by atoms with E-state index in [-0.39, 0.29) is 0 Å². The van der Waals surface area contributed by atoms with Crippen molar-refractivity contribution in [1.82, 2.24) is 4.57 Å². The Hall–Kier alpha value is -2.26. The third kappa shape index (κ3) is 2.17. The van der Waals surface area contributed by atoms with E-state index in [4.69, 9.17) is 10.5 Å². The second-order valence-electron chi connectivity index (χ2n) is 4.82. The van der Waals surface area contributed by atoms with E-state index in [1.54, 1.807) is 7.11 Å². The lowest BCUT2D eigenvalue weighted by atomic mass is 10.2. The Morgan fingerprint density at radius 2 is 1.75 bits per heavy atom. The third-order valence-electron chi connectivity index (χ3n) is 3.62. The Balaban J connectivity index is 2.07. The van der Waals surface area contributed by atoms with Crippen molar-refractivity contribution in [3.05, 3.63) is 65.9 Å². The molecule has 0 aliphatic carbocycles. The van der Waals surface area contributed by atoms with Gasteiger partial charge in [0.2, 0.25) is 0 Å². The second kappa shape index (κ2) is 5.39. The van der Waals surface area contributed by atoms with Crippen LogP contribution in [0.5, 0.6) is 5.75 Å². The molecule has 0 spiro atoms. The molecular weight excluding hydrogens is 248 g/mol. The number of nitrogens with zero attached hydrogens (tertiary/aromatic N) is 1. The molecule has 0 radical (unpaired) electrons. The zero-order chi connectivity index (χ0) is 13.9. The molecule has 1 heterocycles. The molecule has 3 rings (SSSR count). The van der Waals surface area contributed by atoms with Crippen molar-refractivity contribution in [3.8, 4) is 5.75 Å². The molecule has 0 fully saturated rings. The van der Waals surface area contributed by atoms with E-state index in [9.17, 15) is 0 Å². The summed E-state index contributed by atoms with van der Waals surface area (Å²) in [6, 6.07) is 16.5. The highest BCUT2D eigenvalue weighted by atomic mass is 16.5. The molecule has 2 N–H and O–H groups in total. The van der Waals surface area contributed by atoms with Crippen LogP contribution in [0.3, 0.4) is 0 Å². The van der Waals surface area contributed by atoms with Gasteiger partial charge in [-0.1, -0.05) is 36.4 Å². The zero-order valence-corrected chi connectivity index (χ0v) is 11.5. The van der Waals surface area contributed by atoms with Gasteiger partial charge in [-0.05, 0) is 17.7 Å². The maximum absolute atomic E-state index is 5.84. The Labute approximate surface area is 118 Å². The number of hydrogen-bond donors (Lipinski definition) is 1. The Morgan fingerprint density at radius 3 is 2.55 bits per heavy atom. The molecule has 0 unspecified atom stereocenters. The SMILES string of the molecule is COc1ccccc1Cn1cc(CN)c2ccccc21. The monoisotopic (exact) mass is 266 g/mol. The molecule has 2 aromatic carbocycles. The molecule has 3 heteroatoms. The van der Waals surface area contributed by atoms with E-state index in [1.165, 1.54) is 22.0 Å². The summed E-state index contributed by atoms with van der Waals surface area (Å²) in [5.74, 6) is 0.916. The fourth-order valence-electron chi connectivity index (χ4n) is 2.63. The summed E-state index contributed by atoms with van der Waals surface area (Å²) in [5, 5.41) is 1.23. The topological polar surface area (TPSA) is 40.2 Å². The molecule has 3 aromatic rings. The van der Waals surface area contributed by atoms with Crippen LogP contribution in [0.15, 0.2) is 54.7 Å². The molecule has 102 valence electrons. The Bertz CT molecular complexity index is 731. The number of methoxy groups -OCH3 is 1. The molecule has 1 aromatic heterocycles. The van der Waals surface area contributed by atoms with Crippen LogP contribution in [-0.4, -0.2) is 11.7 Å². The number of para-hydroxylation sites is 2. The maximum Gasteiger partial charge on any atom is 0.123 e. The zero-order valence-electron chi connectivity index (χ0n) is 11.5. The number of hydrogen-bond acceptors (Lipinski definition) is 2. The van der Waals surface area contributed by atoms with Gasteiger partial charge in [0.05, 0.1) is 13.7 Å². The van der Waals surface area contributed by atoms with Gasteiger partial charge in [0.15, 0.2) is 0 Å². The molecule has 20 heavy (non-hydrogen) atoms. The van der Waals surface area contributed by atoms with Crippen LogP contribution in [0, 0.1) is 0 Å². The minimum atomic E-state index is 0.555. The van der Waals surface area contributed by atoms with E-state index < -0.39 is 0 Å². The average Bonchev–Trinajstić information content (AvgIpc) is 2.86. The van der Waals surface area contributed by atoms with Crippen LogP contribution in [0.4, 0.5) is 0 Å². The van der Waals surface area contributed by atoms with Crippen molar-refractivity contribution in [1.29, 1.82) is 0 Å². The van der Waals surface area contributed by atoms with Crippen molar-refractivity contribution < 1.29 is 4.74 Å². The number of ether oxygens (including phenoxy) is 1. The Kier molecular flexibility index (Phi) is 3.44. The van der Waals surface area contributed by atoms with E-state index in [1.807, 2.05) is 18.2 Å². The average molecular weight is 266 g/mol. The number of aromatic nitrogens is 1. The highest BCUT2D eigenvalue weighted by Gasteiger charge is 2.09. The molecule has 3 nitrogen and oxygen atoms in total. The lowest BCUT2D eigenvalue weighted by Crippen LogP contribution is -2.00. The summed E-state index contributed by atoms with van der Waals surface area (Å²) >= 11 is 0. The smallest absolute Gasteiger partial charge is 0.123 e. The highest BCUT2D eigenvalue weighted by Crippen LogP contribution is 2.24. The number of nitrogens with two attached hydrogens (primary N) is 1. The van der Waals surface area contributed by atoms with Gasteiger partial charge in [-0.25, -0.2) is 0 Å². The van der Waals surface area contributed by atoms with E-state index in [2.05, 4.69) is 41.1 Å². The number of benzene rings is 2. The molecule has 0 aliphatic rings. The summed E-state index contributed by atoms with van der Waals surface area (Å²) in [5.41, 5.74) is 9.39. The molecular formula is C17H18N2O. The first kappa shape index (κ1) is 12.8. The van der Waals surface area contributed by atoms with E-state index in [0.717, 1.165) is 12.3 Å². The van der Waals surface area contributed by atoms with Crippen molar-refractivity contribution in [2.24, 2.45) is 5.73 Å². The number of fused-ring (bicyclic) bond motifs is 1. The highest BCUT2D eigenvalue weighted by molar-refractivity contribution is 5.84. The quantitative estimate of drug-likeness (QED) is 0.788. The first-order chi connectivity index (χ1) is 9.83. The first-order valence-electron chi connectivity index (χ1n) is 6.72. The molecule has 0 amide bonds. The van der Waals surface area contributed by atoms with Gasteiger partial charge in [-0.2, -0.15) is 0 Å². The van der Waals surface area contributed by atoms with Gasteiger partial charge in [-0.3, -0.25) is 0 Å². The Morgan fingerprint density at radius 1 is 1.00 bits per heavy atom. The first-order valence-corrected chi connectivity index (χ1v) is 6.72. The maximum atomic E-state index is 5.84. The summed E-state index contributed by atoms with van der Waals surface area (Å²) in [6.07, 6.45) is 2.14. The minimum absolute atomic E-state index is 0.555. The van der Waals surface area contributed by atoms with E-state index >= 15 is 0 Å². The molecule has 0 saturated heterocycles. The van der Waals surface area contributed by atoms with Crippen LogP contribution >= 0.6 is 0 Å². The van der Waals surface area contributed by atoms with Crippen molar-refractivity contribution in [2.75, 3.05) is 7.11 Å². The van der Waals surface area contributed by atoms with Crippen molar-refractivity contribution in [3.63, 3.8) is 0 Å². The van der Waals surface area contributed by atoms with Gasteiger partial charge in [0.1, 0.15) is 5.75 Å². The minimum Gasteiger partial charge on any atom is -0.496 e. The van der Waals surface area contributed by atoms with Crippen LogP contribution in [-0.2, 0) is 13.1 Å². The molecule has 0 saturated carbocycles. The fraction of sp³-hybridized carbons (Fsp3) is 0.176. The molecule has 0 bridgehead atoms. The molecule has 0 aliphatic heterocycles. The van der Waals surface area contributed by atoms with Crippen molar-refractivity contribution >= 4 is 10.9 Å². The normalized spacial score (nSPS) is 10.9. The summed E-state index contributed by atoms with van der Waals surface area (Å²) < 4.78 is 7.66. The van der Waals surface area contributed by atoms with Crippen LogP contribution in [0.25, 0.3) is 10.9 Å². The molecule has 0 atom stereocenters.